The molecule has 0 aliphatic carbocycles. The summed E-state index contributed by atoms with van der Waals surface area (Å²) in [5, 5.41) is 11.6. The van der Waals surface area contributed by atoms with Gasteiger partial charge in [0.1, 0.15) is 11.4 Å². The van der Waals surface area contributed by atoms with Crippen LogP contribution in [0.2, 0.25) is 0 Å². The number of ether oxygens (including phenoxy) is 2. The molecule has 0 atom stereocenters. The molecule has 2 aromatic rings. The molecule has 0 aromatic heterocycles. The molecule has 0 unspecified atom stereocenters. The van der Waals surface area contributed by atoms with E-state index < -0.39 is 18.2 Å². The van der Waals surface area contributed by atoms with E-state index in [1.807, 2.05) is 32.9 Å². The van der Waals surface area contributed by atoms with Crippen LogP contribution in [0.5, 0.6) is 5.75 Å². The number of carbonyl (C=O) groups is 3. The third kappa shape index (κ3) is 6.87. The Kier molecular flexibility index (Phi) is 7.65. The molecule has 2 N–H and O–H groups in total. The highest BCUT2D eigenvalue weighted by molar-refractivity contribution is 6.04. The van der Waals surface area contributed by atoms with Gasteiger partial charge < -0.3 is 29.7 Å². The molecular weight excluding hydrogens is 438 g/mol. The van der Waals surface area contributed by atoms with E-state index in [1.54, 1.807) is 42.2 Å². The zero-order chi connectivity index (χ0) is 24.9. The number of hydrogen-bond acceptors (Lipinski definition) is 6. The summed E-state index contributed by atoms with van der Waals surface area (Å²) >= 11 is 0. The highest BCUT2D eigenvalue weighted by Gasteiger charge is 2.26. The van der Waals surface area contributed by atoms with Crippen molar-refractivity contribution in [1.29, 1.82) is 0 Å². The van der Waals surface area contributed by atoms with E-state index in [0.717, 1.165) is 11.3 Å². The fourth-order valence-corrected chi connectivity index (χ4v) is 3.53. The number of anilines is 2. The van der Waals surface area contributed by atoms with Crippen LogP contribution in [0, 0.1) is 6.92 Å². The van der Waals surface area contributed by atoms with E-state index in [0.29, 0.717) is 43.2 Å². The fraction of sp³-hybridized carbons (Fsp3) is 0.400. The molecule has 182 valence electrons. The van der Waals surface area contributed by atoms with Crippen LogP contribution in [-0.2, 0) is 9.53 Å². The third-order valence-corrected chi connectivity index (χ3v) is 5.21. The molecule has 1 aliphatic rings. The van der Waals surface area contributed by atoms with Crippen LogP contribution in [0.4, 0.5) is 16.2 Å². The molecule has 1 aliphatic heterocycles. The average molecular weight is 470 g/mol. The van der Waals surface area contributed by atoms with Gasteiger partial charge in [0.2, 0.25) is 0 Å². The molecule has 9 nitrogen and oxygen atoms in total. The molecule has 2 amide bonds. The van der Waals surface area contributed by atoms with Crippen molar-refractivity contribution in [3.63, 3.8) is 0 Å². The first-order chi connectivity index (χ1) is 16.0. The Morgan fingerprint density at radius 3 is 2.21 bits per heavy atom. The molecule has 0 radical (unpaired) electrons. The minimum absolute atomic E-state index is 0.250. The summed E-state index contributed by atoms with van der Waals surface area (Å²) in [6.45, 7) is 9.43. The smallest absolute Gasteiger partial charge is 0.410 e. The van der Waals surface area contributed by atoms with Gasteiger partial charge in [0.25, 0.3) is 5.91 Å². The highest BCUT2D eigenvalue weighted by atomic mass is 16.6. The Balaban J connectivity index is 1.54. The lowest BCUT2D eigenvalue weighted by molar-refractivity contribution is -0.139. The van der Waals surface area contributed by atoms with Gasteiger partial charge in [0, 0.05) is 43.1 Å². The number of hydrogen-bond donors (Lipinski definition) is 2. The molecule has 0 saturated carbocycles. The Bertz CT molecular complexity index is 1040. The van der Waals surface area contributed by atoms with Crippen LogP contribution in [-0.4, -0.2) is 66.4 Å². The maximum atomic E-state index is 12.7. The molecule has 34 heavy (non-hydrogen) atoms. The van der Waals surface area contributed by atoms with Gasteiger partial charge in [-0.05, 0) is 75.7 Å². The van der Waals surface area contributed by atoms with Crippen LogP contribution in [0.3, 0.4) is 0 Å². The predicted molar refractivity (Wildman–Crippen MR) is 129 cm³/mol. The first-order valence-electron chi connectivity index (χ1n) is 11.1. The van der Waals surface area contributed by atoms with Crippen LogP contribution in [0.15, 0.2) is 42.5 Å². The minimum Gasteiger partial charge on any atom is -0.482 e. The topological polar surface area (TPSA) is 108 Å². The van der Waals surface area contributed by atoms with Gasteiger partial charge in [0.15, 0.2) is 6.61 Å². The van der Waals surface area contributed by atoms with Gasteiger partial charge >= 0.3 is 12.1 Å². The fourth-order valence-electron chi connectivity index (χ4n) is 3.53. The average Bonchev–Trinajstić information content (AvgIpc) is 2.77. The van der Waals surface area contributed by atoms with Crippen LogP contribution in [0.25, 0.3) is 0 Å². The first kappa shape index (κ1) is 24.9. The number of carboxylic acids is 1. The standard InChI is InChI=1S/C25H31N3O6/c1-17-15-19(7-10-21(17)33-16-22(29)30)26-23(31)18-5-8-20(9-6-18)27-11-13-28(14-12-27)24(32)34-25(2,3)4/h5-10,15H,11-14,16H2,1-4H3,(H,26,31)(H,29,30). The third-order valence-electron chi connectivity index (χ3n) is 5.21. The zero-order valence-electron chi connectivity index (χ0n) is 20.0. The molecule has 2 aromatic carbocycles. The SMILES string of the molecule is Cc1cc(NC(=O)c2ccc(N3CCN(C(=O)OC(C)(C)C)CC3)cc2)ccc1OCC(=O)O. The molecule has 1 fully saturated rings. The summed E-state index contributed by atoms with van der Waals surface area (Å²) in [6, 6.07) is 12.4. The zero-order valence-corrected chi connectivity index (χ0v) is 20.0. The highest BCUT2D eigenvalue weighted by Crippen LogP contribution is 2.23. The number of nitrogens with one attached hydrogen (secondary N) is 1. The number of carbonyl (C=O) groups excluding carboxylic acids is 2. The number of rotatable bonds is 6. The second kappa shape index (κ2) is 10.5. The van der Waals surface area contributed by atoms with E-state index in [-0.39, 0.29) is 12.0 Å². The van der Waals surface area contributed by atoms with E-state index >= 15 is 0 Å². The van der Waals surface area contributed by atoms with Crippen molar-refractivity contribution in [2.75, 3.05) is 43.0 Å². The van der Waals surface area contributed by atoms with Crippen molar-refractivity contribution in [3.05, 3.63) is 53.6 Å². The molecular formula is C25H31N3O6. The van der Waals surface area contributed by atoms with Gasteiger partial charge in [-0.3, -0.25) is 4.79 Å². The maximum Gasteiger partial charge on any atom is 0.410 e. The van der Waals surface area contributed by atoms with E-state index in [4.69, 9.17) is 14.6 Å². The second-order valence-corrected chi connectivity index (χ2v) is 9.12. The Hall–Kier alpha value is -3.75. The van der Waals surface area contributed by atoms with Crippen LogP contribution < -0.4 is 15.0 Å². The number of aryl methyl sites for hydroxylation is 1. The number of benzene rings is 2. The number of nitrogens with zero attached hydrogens (tertiary/aromatic N) is 2. The number of amides is 2. The number of carboxylic acid groups (broad SMARTS) is 1. The van der Waals surface area contributed by atoms with Gasteiger partial charge in [-0.25, -0.2) is 9.59 Å². The molecule has 9 heteroatoms. The normalized spacial score (nSPS) is 13.9. The summed E-state index contributed by atoms with van der Waals surface area (Å²) < 4.78 is 10.6. The van der Waals surface area contributed by atoms with Gasteiger partial charge in [-0.1, -0.05) is 0 Å². The van der Waals surface area contributed by atoms with Crippen molar-refractivity contribution in [3.8, 4) is 5.75 Å². The minimum atomic E-state index is -1.05. The quantitative estimate of drug-likeness (QED) is 0.663. The summed E-state index contributed by atoms with van der Waals surface area (Å²) in [5.41, 5.74) is 2.29. The summed E-state index contributed by atoms with van der Waals surface area (Å²) in [6.07, 6.45) is -0.295. The first-order valence-corrected chi connectivity index (χ1v) is 11.1. The van der Waals surface area contributed by atoms with Crippen molar-refractivity contribution in [2.24, 2.45) is 0 Å². The van der Waals surface area contributed by atoms with Gasteiger partial charge in [-0.2, -0.15) is 0 Å². The monoisotopic (exact) mass is 469 g/mol. The maximum absolute atomic E-state index is 12.7. The second-order valence-electron chi connectivity index (χ2n) is 9.12. The largest absolute Gasteiger partial charge is 0.482 e. The van der Waals surface area contributed by atoms with Crippen LogP contribution in [0.1, 0.15) is 36.7 Å². The van der Waals surface area contributed by atoms with E-state index in [1.165, 1.54) is 0 Å². The van der Waals surface area contributed by atoms with Crippen molar-refractivity contribution >= 4 is 29.3 Å². The lowest BCUT2D eigenvalue weighted by Gasteiger charge is -2.36. The lowest BCUT2D eigenvalue weighted by atomic mass is 10.1. The Morgan fingerprint density at radius 1 is 1.00 bits per heavy atom. The molecule has 0 bridgehead atoms. The predicted octanol–water partition coefficient (Wildman–Crippen LogP) is 3.77. The van der Waals surface area contributed by atoms with Crippen molar-refractivity contribution in [1.82, 2.24) is 4.90 Å². The summed E-state index contributed by atoms with van der Waals surface area (Å²) in [4.78, 5) is 39.4. The molecule has 0 spiro atoms. The molecule has 3 rings (SSSR count). The summed E-state index contributed by atoms with van der Waals surface area (Å²) in [7, 11) is 0. The Labute approximate surface area is 199 Å². The van der Waals surface area contributed by atoms with Crippen molar-refractivity contribution in [2.45, 2.75) is 33.3 Å². The van der Waals surface area contributed by atoms with Gasteiger partial charge in [0.05, 0.1) is 0 Å². The number of aliphatic carboxylic acids is 1. The van der Waals surface area contributed by atoms with Crippen LogP contribution >= 0.6 is 0 Å². The van der Waals surface area contributed by atoms with Gasteiger partial charge in [-0.15, -0.1) is 0 Å². The molecule has 1 saturated heterocycles. The number of piperazine rings is 1. The lowest BCUT2D eigenvalue weighted by Crippen LogP contribution is -2.50. The van der Waals surface area contributed by atoms with E-state index in [9.17, 15) is 14.4 Å². The van der Waals surface area contributed by atoms with E-state index in [2.05, 4.69) is 10.2 Å². The Morgan fingerprint density at radius 2 is 1.65 bits per heavy atom. The molecule has 1 heterocycles. The summed E-state index contributed by atoms with van der Waals surface area (Å²) in [5.74, 6) is -0.846. The van der Waals surface area contributed by atoms with Crippen molar-refractivity contribution < 1.29 is 29.0 Å².